The van der Waals surface area contributed by atoms with Gasteiger partial charge in [-0.1, -0.05) is 35.1 Å². The number of nitrogens with one attached hydrogen (secondary N) is 1. The summed E-state index contributed by atoms with van der Waals surface area (Å²) in [5.41, 5.74) is 1.39. The number of hydrogen-bond acceptors (Lipinski definition) is 5. The van der Waals surface area contributed by atoms with Crippen LogP contribution in [0.25, 0.3) is 10.2 Å². The molecule has 4 aromatic rings. The maximum atomic E-state index is 14.4. The quantitative estimate of drug-likeness (QED) is 0.458. The van der Waals surface area contributed by atoms with Crippen molar-refractivity contribution in [2.45, 2.75) is 0 Å². The summed E-state index contributed by atoms with van der Waals surface area (Å²) in [6.07, 6.45) is 1.42. The van der Waals surface area contributed by atoms with Crippen LogP contribution in [0.5, 0.6) is 10.9 Å². The number of amides is 1. The average Bonchev–Trinajstić information content (AvgIpc) is 3.07. The van der Waals surface area contributed by atoms with Gasteiger partial charge in [-0.15, -0.1) is 0 Å². The van der Waals surface area contributed by atoms with E-state index in [1.54, 1.807) is 12.1 Å². The van der Waals surface area contributed by atoms with Gasteiger partial charge in [-0.2, -0.15) is 0 Å². The molecular formula is C19H11ClFN3O2S. The molecule has 1 amide bonds. The van der Waals surface area contributed by atoms with Crippen LogP contribution in [0.4, 0.5) is 10.1 Å². The molecule has 0 aliphatic heterocycles. The molecule has 2 aromatic carbocycles. The molecule has 0 fully saturated rings. The lowest BCUT2D eigenvalue weighted by Gasteiger charge is -2.07. The first-order valence-corrected chi connectivity index (χ1v) is 9.04. The van der Waals surface area contributed by atoms with E-state index in [0.29, 0.717) is 16.0 Å². The number of thiazole rings is 1. The molecule has 0 unspecified atom stereocenters. The summed E-state index contributed by atoms with van der Waals surface area (Å²) < 4.78 is 20.9. The molecule has 0 saturated heterocycles. The molecule has 5 nitrogen and oxygen atoms in total. The van der Waals surface area contributed by atoms with Crippen molar-refractivity contribution < 1.29 is 13.9 Å². The Bertz CT molecular complexity index is 1100. The highest BCUT2D eigenvalue weighted by Gasteiger charge is 2.13. The molecule has 0 spiro atoms. The summed E-state index contributed by atoms with van der Waals surface area (Å²) in [5.74, 6) is -1.13. The summed E-state index contributed by atoms with van der Waals surface area (Å²) in [6.45, 7) is 0. The zero-order chi connectivity index (χ0) is 18.8. The highest BCUT2D eigenvalue weighted by molar-refractivity contribution is 7.20. The zero-order valence-electron chi connectivity index (χ0n) is 13.6. The number of aromatic nitrogens is 2. The van der Waals surface area contributed by atoms with Gasteiger partial charge in [0, 0.05) is 5.56 Å². The van der Waals surface area contributed by atoms with Gasteiger partial charge >= 0.3 is 0 Å². The summed E-state index contributed by atoms with van der Waals surface area (Å²) in [6, 6.07) is 14.7. The van der Waals surface area contributed by atoms with Gasteiger partial charge in [0.05, 0.1) is 22.1 Å². The first-order chi connectivity index (χ1) is 13.1. The smallest absolute Gasteiger partial charge is 0.279 e. The summed E-state index contributed by atoms with van der Waals surface area (Å²) in [4.78, 5) is 20.4. The van der Waals surface area contributed by atoms with Gasteiger partial charge in [0.25, 0.3) is 11.1 Å². The van der Waals surface area contributed by atoms with Crippen LogP contribution in [-0.4, -0.2) is 15.9 Å². The van der Waals surface area contributed by atoms with E-state index >= 15 is 0 Å². The SMILES string of the molecule is O=C(Nc1ccc(Cl)nc1)c1ccc(Oc2nc3ccccc3s2)c(F)c1. The van der Waals surface area contributed by atoms with Crippen LogP contribution in [0.3, 0.4) is 0 Å². The number of pyridine rings is 1. The van der Waals surface area contributed by atoms with Crippen molar-refractivity contribution in [2.24, 2.45) is 0 Å². The molecule has 0 atom stereocenters. The Balaban J connectivity index is 1.51. The summed E-state index contributed by atoms with van der Waals surface area (Å²) in [7, 11) is 0. The number of halogens is 2. The molecular weight excluding hydrogens is 389 g/mol. The number of rotatable bonds is 4. The molecule has 134 valence electrons. The van der Waals surface area contributed by atoms with E-state index in [2.05, 4.69) is 15.3 Å². The summed E-state index contributed by atoms with van der Waals surface area (Å²) >= 11 is 7.02. The van der Waals surface area contributed by atoms with Crippen LogP contribution >= 0.6 is 22.9 Å². The standard InChI is InChI=1S/C19H11ClFN3O2S/c20-17-8-6-12(10-22-17)23-18(25)11-5-7-15(13(21)9-11)26-19-24-14-3-1-2-4-16(14)27-19/h1-10H,(H,23,25). The van der Waals surface area contributed by atoms with Crippen LogP contribution in [0.1, 0.15) is 10.4 Å². The third kappa shape index (κ3) is 3.89. The fourth-order valence-corrected chi connectivity index (χ4v) is 3.31. The minimum absolute atomic E-state index is 0.00114. The second-order valence-corrected chi connectivity index (χ2v) is 6.90. The van der Waals surface area contributed by atoms with Gasteiger partial charge in [-0.25, -0.2) is 14.4 Å². The largest absolute Gasteiger partial charge is 0.428 e. The Morgan fingerprint density at radius 1 is 1.15 bits per heavy atom. The molecule has 2 heterocycles. The highest BCUT2D eigenvalue weighted by Crippen LogP contribution is 2.32. The Hall–Kier alpha value is -3.03. The molecule has 0 radical (unpaired) electrons. The van der Waals surface area contributed by atoms with E-state index in [1.165, 1.54) is 29.7 Å². The van der Waals surface area contributed by atoms with Crippen molar-refractivity contribution >= 4 is 44.7 Å². The van der Waals surface area contributed by atoms with Crippen molar-refractivity contribution in [3.63, 3.8) is 0 Å². The number of benzene rings is 2. The molecule has 0 aliphatic carbocycles. The Morgan fingerprint density at radius 2 is 2.00 bits per heavy atom. The first-order valence-electron chi connectivity index (χ1n) is 7.84. The Labute approximate surface area is 162 Å². The number of anilines is 1. The number of ether oxygens (including phenoxy) is 1. The van der Waals surface area contributed by atoms with Crippen LogP contribution in [-0.2, 0) is 0 Å². The lowest BCUT2D eigenvalue weighted by atomic mass is 10.2. The molecule has 27 heavy (non-hydrogen) atoms. The predicted octanol–water partition coefficient (Wildman–Crippen LogP) is 5.53. The van der Waals surface area contributed by atoms with Gasteiger partial charge in [0.15, 0.2) is 11.6 Å². The highest BCUT2D eigenvalue weighted by atomic mass is 35.5. The molecule has 2 aromatic heterocycles. The maximum absolute atomic E-state index is 14.4. The lowest BCUT2D eigenvalue weighted by Crippen LogP contribution is -2.12. The van der Waals surface area contributed by atoms with E-state index in [9.17, 15) is 9.18 Å². The maximum Gasteiger partial charge on any atom is 0.279 e. The van der Waals surface area contributed by atoms with E-state index in [1.807, 2.05) is 24.3 Å². The molecule has 1 N–H and O–H groups in total. The minimum Gasteiger partial charge on any atom is -0.428 e. The zero-order valence-corrected chi connectivity index (χ0v) is 15.2. The fraction of sp³-hybridized carbons (Fsp3) is 0. The Morgan fingerprint density at radius 3 is 2.74 bits per heavy atom. The number of fused-ring (bicyclic) bond motifs is 1. The molecule has 0 bridgehead atoms. The van der Waals surface area contributed by atoms with Crippen molar-refractivity contribution in [3.8, 4) is 10.9 Å². The molecule has 8 heteroatoms. The average molecular weight is 400 g/mol. The minimum atomic E-state index is -0.656. The van der Waals surface area contributed by atoms with Gasteiger partial charge in [-0.3, -0.25) is 4.79 Å². The number of carbonyl (C=O) groups is 1. The van der Waals surface area contributed by atoms with E-state index in [0.717, 1.165) is 16.3 Å². The fourth-order valence-electron chi connectivity index (χ4n) is 2.37. The van der Waals surface area contributed by atoms with Crippen LogP contribution in [0, 0.1) is 5.82 Å². The van der Waals surface area contributed by atoms with Crippen molar-refractivity contribution in [1.82, 2.24) is 9.97 Å². The molecule has 0 saturated carbocycles. The van der Waals surface area contributed by atoms with Crippen LogP contribution in [0.2, 0.25) is 5.15 Å². The molecule has 0 aliphatic rings. The predicted molar refractivity (Wildman–Crippen MR) is 103 cm³/mol. The van der Waals surface area contributed by atoms with Gasteiger partial charge in [0.2, 0.25) is 0 Å². The first kappa shape index (κ1) is 17.4. The number of hydrogen-bond donors (Lipinski definition) is 1. The lowest BCUT2D eigenvalue weighted by molar-refractivity contribution is 0.102. The second-order valence-electron chi connectivity index (χ2n) is 5.52. The van der Waals surface area contributed by atoms with E-state index in [4.69, 9.17) is 16.3 Å². The van der Waals surface area contributed by atoms with Crippen molar-refractivity contribution in [3.05, 3.63) is 77.3 Å². The molecule has 4 rings (SSSR count). The number of nitrogens with zero attached hydrogens (tertiary/aromatic N) is 2. The second kappa shape index (κ2) is 7.30. The number of carbonyl (C=O) groups excluding carboxylic acids is 1. The van der Waals surface area contributed by atoms with Gasteiger partial charge in [-0.05, 0) is 42.5 Å². The third-order valence-corrected chi connectivity index (χ3v) is 4.79. The van der Waals surface area contributed by atoms with E-state index in [-0.39, 0.29) is 11.3 Å². The van der Waals surface area contributed by atoms with Gasteiger partial charge < -0.3 is 10.1 Å². The van der Waals surface area contributed by atoms with Crippen LogP contribution < -0.4 is 10.1 Å². The van der Waals surface area contributed by atoms with Crippen LogP contribution in [0.15, 0.2) is 60.8 Å². The number of para-hydroxylation sites is 1. The van der Waals surface area contributed by atoms with E-state index < -0.39 is 11.7 Å². The Kier molecular flexibility index (Phi) is 4.70. The van der Waals surface area contributed by atoms with Crippen molar-refractivity contribution in [1.29, 1.82) is 0 Å². The normalized spacial score (nSPS) is 10.7. The summed E-state index contributed by atoms with van der Waals surface area (Å²) in [5, 5.41) is 3.27. The third-order valence-electron chi connectivity index (χ3n) is 3.65. The topological polar surface area (TPSA) is 64.1 Å². The van der Waals surface area contributed by atoms with Gasteiger partial charge in [0.1, 0.15) is 5.15 Å². The monoisotopic (exact) mass is 399 g/mol. The van der Waals surface area contributed by atoms with Crippen molar-refractivity contribution in [2.75, 3.05) is 5.32 Å².